The Morgan fingerprint density at radius 1 is 1.17 bits per heavy atom. The Bertz CT molecular complexity index is 791. The number of benzene rings is 1. The van der Waals surface area contributed by atoms with Crippen LogP contribution >= 0.6 is 0 Å². The fourth-order valence-corrected chi connectivity index (χ4v) is 5.42. The highest BCUT2D eigenvalue weighted by molar-refractivity contribution is 7.88. The molecule has 2 atom stereocenters. The quantitative estimate of drug-likeness (QED) is 0.759. The predicted molar refractivity (Wildman–Crippen MR) is 110 cm³/mol. The van der Waals surface area contributed by atoms with Gasteiger partial charge in [-0.1, -0.05) is 12.1 Å². The van der Waals surface area contributed by atoms with Crippen LogP contribution in [-0.2, 0) is 19.6 Å². The second-order valence-corrected chi connectivity index (χ2v) is 10.1. The van der Waals surface area contributed by atoms with Crippen molar-refractivity contribution >= 4 is 15.9 Å². The molecule has 1 saturated carbocycles. The van der Waals surface area contributed by atoms with Crippen LogP contribution in [0.1, 0.15) is 56.9 Å². The van der Waals surface area contributed by atoms with Crippen LogP contribution < -0.4 is 4.72 Å². The molecule has 1 amide bonds. The number of carbonyl (C=O) groups is 1. The average molecular weight is 427 g/mol. The summed E-state index contributed by atoms with van der Waals surface area (Å²) in [7, 11) is -3.36. The summed E-state index contributed by atoms with van der Waals surface area (Å²) in [6.45, 7) is 2.48. The van der Waals surface area contributed by atoms with Crippen molar-refractivity contribution in [2.24, 2.45) is 0 Å². The summed E-state index contributed by atoms with van der Waals surface area (Å²) in [6.07, 6.45) is 6.46. The van der Waals surface area contributed by atoms with Crippen molar-refractivity contribution in [2.45, 2.75) is 69.6 Å². The average Bonchev–Trinajstić information content (AvgIpc) is 2.66. The Balaban J connectivity index is 1.56. The van der Waals surface area contributed by atoms with Gasteiger partial charge in [0.15, 0.2) is 0 Å². The number of halogens is 1. The van der Waals surface area contributed by atoms with Gasteiger partial charge in [-0.05, 0) is 62.1 Å². The van der Waals surface area contributed by atoms with E-state index in [0.29, 0.717) is 25.5 Å². The molecular weight excluding hydrogens is 395 g/mol. The molecule has 29 heavy (non-hydrogen) atoms. The van der Waals surface area contributed by atoms with Crippen LogP contribution in [0.25, 0.3) is 0 Å². The van der Waals surface area contributed by atoms with Crippen molar-refractivity contribution in [1.82, 2.24) is 9.62 Å². The summed E-state index contributed by atoms with van der Waals surface area (Å²) in [4.78, 5) is 13.8. The topological polar surface area (TPSA) is 75.7 Å². The molecule has 1 aliphatic carbocycles. The van der Waals surface area contributed by atoms with Crippen LogP contribution in [-0.4, -0.2) is 56.8 Å². The molecule has 6 nitrogen and oxygen atoms in total. The molecule has 2 aliphatic rings. The first-order valence-corrected chi connectivity index (χ1v) is 12.2. The van der Waals surface area contributed by atoms with E-state index in [-0.39, 0.29) is 29.9 Å². The molecule has 3 rings (SSSR count). The number of likely N-dealkylation sites (tertiary alicyclic amines) is 1. The molecule has 1 heterocycles. The maximum atomic E-state index is 13.1. The summed E-state index contributed by atoms with van der Waals surface area (Å²) in [5.74, 6) is 0.141. The van der Waals surface area contributed by atoms with E-state index < -0.39 is 10.0 Å². The Labute approximate surface area is 172 Å². The number of ether oxygens (including phenoxy) is 1. The second-order valence-electron chi connectivity index (χ2n) is 8.28. The minimum absolute atomic E-state index is 0.0568. The third kappa shape index (κ3) is 6.23. The largest absolute Gasteiger partial charge is 0.376 e. The predicted octanol–water partition coefficient (Wildman–Crippen LogP) is 2.80. The van der Waals surface area contributed by atoms with Crippen LogP contribution in [0.4, 0.5) is 4.39 Å². The van der Waals surface area contributed by atoms with Crippen molar-refractivity contribution in [3.05, 3.63) is 35.6 Å². The molecule has 0 spiro atoms. The summed E-state index contributed by atoms with van der Waals surface area (Å²) >= 11 is 0. The SMILES string of the molecule is CC(=O)N1CCC[C@H](NS(C)(=O)=O)[C@@H]1COC1CCC(c2ccc(F)cc2)CC1. The van der Waals surface area contributed by atoms with Gasteiger partial charge in [-0.3, -0.25) is 4.79 Å². The molecule has 1 saturated heterocycles. The zero-order valence-electron chi connectivity index (χ0n) is 17.1. The van der Waals surface area contributed by atoms with E-state index in [2.05, 4.69) is 4.72 Å². The lowest BCUT2D eigenvalue weighted by atomic mass is 9.82. The van der Waals surface area contributed by atoms with Crippen molar-refractivity contribution in [3.8, 4) is 0 Å². The monoisotopic (exact) mass is 426 g/mol. The number of rotatable bonds is 6. The van der Waals surface area contributed by atoms with Gasteiger partial charge in [0.05, 0.1) is 25.0 Å². The minimum Gasteiger partial charge on any atom is -0.376 e. The van der Waals surface area contributed by atoms with Crippen molar-refractivity contribution in [2.75, 3.05) is 19.4 Å². The molecule has 0 radical (unpaired) electrons. The van der Waals surface area contributed by atoms with Gasteiger partial charge in [0, 0.05) is 19.5 Å². The van der Waals surface area contributed by atoms with Crippen LogP contribution in [0.15, 0.2) is 24.3 Å². The maximum Gasteiger partial charge on any atom is 0.219 e. The van der Waals surface area contributed by atoms with Gasteiger partial charge in [0.1, 0.15) is 5.82 Å². The highest BCUT2D eigenvalue weighted by Gasteiger charge is 2.35. The lowest BCUT2D eigenvalue weighted by Crippen LogP contribution is -2.58. The molecule has 1 aromatic rings. The molecule has 1 aromatic carbocycles. The number of piperidine rings is 1. The van der Waals surface area contributed by atoms with Crippen LogP contribution in [0.5, 0.6) is 0 Å². The van der Waals surface area contributed by atoms with Gasteiger partial charge < -0.3 is 9.64 Å². The molecule has 8 heteroatoms. The number of amides is 1. The second kappa shape index (κ2) is 9.53. The lowest BCUT2D eigenvalue weighted by Gasteiger charge is -2.41. The highest BCUT2D eigenvalue weighted by atomic mass is 32.2. The standard InChI is InChI=1S/C21H31FN2O4S/c1-15(25)24-13-3-4-20(23-29(2,26)27)21(24)14-28-19-11-7-17(8-12-19)16-5-9-18(22)10-6-16/h5-6,9-10,17,19-21,23H,3-4,7-8,11-14H2,1-2H3/t17?,19?,20-,21-/m0/s1. The Hall–Kier alpha value is -1.51. The van der Waals surface area contributed by atoms with E-state index in [1.807, 2.05) is 12.1 Å². The number of carbonyl (C=O) groups excluding carboxylic acids is 1. The van der Waals surface area contributed by atoms with E-state index in [4.69, 9.17) is 4.74 Å². The molecular formula is C21H31FN2O4S. The molecule has 162 valence electrons. The Morgan fingerprint density at radius 3 is 2.41 bits per heavy atom. The number of nitrogens with zero attached hydrogens (tertiary/aromatic N) is 1. The van der Waals surface area contributed by atoms with Gasteiger partial charge in [-0.25, -0.2) is 17.5 Å². The Morgan fingerprint density at radius 2 is 1.83 bits per heavy atom. The van der Waals surface area contributed by atoms with Gasteiger partial charge in [0.25, 0.3) is 0 Å². The van der Waals surface area contributed by atoms with Gasteiger partial charge in [-0.15, -0.1) is 0 Å². The summed E-state index contributed by atoms with van der Waals surface area (Å²) in [6, 6.07) is 6.12. The number of sulfonamides is 1. The Kier molecular flexibility index (Phi) is 7.29. The first-order chi connectivity index (χ1) is 13.7. The fraction of sp³-hybridized carbons (Fsp3) is 0.667. The molecule has 0 unspecified atom stereocenters. The number of hydrogen-bond donors (Lipinski definition) is 1. The number of nitrogens with one attached hydrogen (secondary N) is 1. The third-order valence-electron chi connectivity index (χ3n) is 6.07. The normalized spacial score (nSPS) is 28.3. The van der Waals surface area contributed by atoms with Crippen molar-refractivity contribution in [3.63, 3.8) is 0 Å². The molecule has 0 bridgehead atoms. The summed E-state index contributed by atoms with van der Waals surface area (Å²) in [5, 5.41) is 0. The zero-order valence-corrected chi connectivity index (χ0v) is 18.0. The molecule has 1 aliphatic heterocycles. The smallest absolute Gasteiger partial charge is 0.219 e. The number of hydrogen-bond acceptors (Lipinski definition) is 4. The van der Waals surface area contributed by atoms with Crippen molar-refractivity contribution < 1.29 is 22.3 Å². The van der Waals surface area contributed by atoms with Crippen molar-refractivity contribution in [1.29, 1.82) is 0 Å². The first kappa shape index (κ1) is 22.2. The van der Waals surface area contributed by atoms with E-state index in [0.717, 1.165) is 43.9 Å². The lowest BCUT2D eigenvalue weighted by molar-refractivity contribution is -0.136. The zero-order chi connectivity index (χ0) is 21.0. The third-order valence-corrected chi connectivity index (χ3v) is 6.80. The van der Waals surface area contributed by atoms with Gasteiger partial charge in [-0.2, -0.15) is 0 Å². The highest BCUT2D eigenvalue weighted by Crippen LogP contribution is 2.34. The van der Waals surface area contributed by atoms with E-state index in [9.17, 15) is 17.6 Å². The first-order valence-electron chi connectivity index (χ1n) is 10.3. The van der Waals surface area contributed by atoms with E-state index in [1.54, 1.807) is 4.90 Å². The van der Waals surface area contributed by atoms with Gasteiger partial charge >= 0.3 is 0 Å². The minimum atomic E-state index is -3.36. The van der Waals surface area contributed by atoms with Crippen LogP contribution in [0.3, 0.4) is 0 Å². The van der Waals surface area contributed by atoms with E-state index >= 15 is 0 Å². The molecule has 1 N–H and O–H groups in total. The fourth-order valence-electron chi connectivity index (χ4n) is 4.60. The van der Waals surface area contributed by atoms with Crippen LogP contribution in [0, 0.1) is 5.82 Å². The van der Waals surface area contributed by atoms with E-state index in [1.165, 1.54) is 19.1 Å². The molecule has 0 aromatic heterocycles. The van der Waals surface area contributed by atoms with Gasteiger partial charge in [0.2, 0.25) is 15.9 Å². The summed E-state index contributed by atoms with van der Waals surface area (Å²) in [5.41, 5.74) is 1.16. The maximum absolute atomic E-state index is 13.1. The molecule has 2 fully saturated rings. The summed E-state index contributed by atoms with van der Waals surface area (Å²) < 4.78 is 45.5. The van der Waals surface area contributed by atoms with Crippen LogP contribution in [0.2, 0.25) is 0 Å².